The molecule has 0 bridgehead atoms. The van der Waals surface area contributed by atoms with Gasteiger partial charge in [0.15, 0.2) is 0 Å². The zero-order chi connectivity index (χ0) is 27.9. The first-order chi connectivity index (χ1) is 17.4. The molecular weight excluding hydrogens is 513 g/mol. The standard InChI is InChI=1S/C33H50GeN2O/c1-13-27(12)37-34-36(33-30(23(6)7)18-15-19-31(33)24(8)9)26(11)20-25(10)35-32-28(21(2)3)16-14-17-29(32)22(4)5/h14-24,27H,13H2,1-12H3/b26-20-,35-25?/t27-/m0/s1. The van der Waals surface area contributed by atoms with Crippen molar-refractivity contribution in [1.82, 2.24) is 0 Å². The van der Waals surface area contributed by atoms with Crippen LogP contribution in [0.1, 0.15) is 135 Å². The van der Waals surface area contributed by atoms with E-state index in [-0.39, 0.29) is 6.10 Å². The Kier molecular flexibility index (Phi) is 12.2. The average molecular weight is 563 g/mol. The van der Waals surface area contributed by atoms with Crippen LogP contribution in [0, 0.1) is 0 Å². The molecular formula is C33H50GeN2O. The molecule has 0 spiro atoms. The molecule has 3 nitrogen and oxygen atoms in total. The third-order valence-corrected chi connectivity index (χ3v) is 9.54. The van der Waals surface area contributed by atoms with Crippen molar-refractivity contribution in [2.45, 2.75) is 119 Å². The van der Waals surface area contributed by atoms with Crippen LogP contribution in [-0.4, -0.2) is 27.8 Å². The molecule has 0 saturated carbocycles. The van der Waals surface area contributed by atoms with E-state index in [0.29, 0.717) is 23.7 Å². The second-order valence-electron chi connectivity index (χ2n) is 11.5. The Labute approximate surface area is 234 Å². The van der Waals surface area contributed by atoms with Gasteiger partial charge in [0.2, 0.25) is 0 Å². The quantitative estimate of drug-likeness (QED) is 0.190. The molecule has 0 aliphatic heterocycles. The van der Waals surface area contributed by atoms with Crippen molar-refractivity contribution >= 4 is 33.1 Å². The molecule has 0 aromatic heterocycles. The van der Waals surface area contributed by atoms with Gasteiger partial charge in [0.05, 0.1) is 0 Å². The first-order valence-corrected chi connectivity index (χ1v) is 15.9. The molecule has 0 aliphatic rings. The van der Waals surface area contributed by atoms with E-state index in [9.17, 15) is 0 Å². The Morgan fingerprint density at radius 3 is 1.62 bits per heavy atom. The van der Waals surface area contributed by atoms with Gasteiger partial charge in [0, 0.05) is 0 Å². The maximum absolute atomic E-state index is 6.47. The van der Waals surface area contributed by atoms with E-state index in [0.717, 1.165) is 17.8 Å². The van der Waals surface area contributed by atoms with Crippen molar-refractivity contribution in [3.63, 3.8) is 0 Å². The van der Waals surface area contributed by atoms with Crippen LogP contribution in [0.4, 0.5) is 11.4 Å². The normalized spacial score (nSPS) is 13.8. The first kappa shape index (κ1) is 31.4. The second-order valence-corrected chi connectivity index (χ2v) is 13.3. The molecule has 202 valence electrons. The number of allylic oxidation sites excluding steroid dienone is 2. The summed E-state index contributed by atoms with van der Waals surface area (Å²) in [4.78, 5) is 5.23. The van der Waals surface area contributed by atoms with E-state index in [1.807, 2.05) is 0 Å². The third kappa shape index (κ3) is 8.32. The van der Waals surface area contributed by atoms with E-state index in [1.165, 1.54) is 33.6 Å². The van der Waals surface area contributed by atoms with E-state index in [4.69, 9.17) is 8.76 Å². The number of nitrogens with zero attached hydrogens (tertiary/aromatic N) is 2. The SMILES string of the molecule is CC[C@H](C)[O][Ge][N](/C(C)=C\C(C)=Nc1c(C(C)C)cccc1C(C)C)c1c(C(C)C)cccc1C(C)C. The van der Waals surface area contributed by atoms with Gasteiger partial charge in [-0.2, -0.15) is 0 Å². The van der Waals surface area contributed by atoms with Crippen molar-refractivity contribution in [2.75, 3.05) is 3.86 Å². The van der Waals surface area contributed by atoms with Gasteiger partial charge in [-0.3, -0.25) is 0 Å². The van der Waals surface area contributed by atoms with Crippen LogP contribution in [0.3, 0.4) is 0 Å². The van der Waals surface area contributed by atoms with E-state index in [2.05, 4.69) is 129 Å². The number of aliphatic imine (C=N–C) groups is 1. The third-order valence-electron chi connectivity index (χ3n) is 6.89. The van der Waals surface area contributed by atoms with Crippen LogP contribution in [-0.2, 0) is 3.76 Å². The molecule has 2 aromatic rings. The summed E-state index contributed by atoms with van der Waals surface area (Å²) in [6.45, 7) is 26.9. The van der Waals surface area contributed by atoms with E-state index >= 15 is 0 Å². The zero-order valence-electron chi connectivity index (χ0n) is 25.4. The summed E-state index contributed by atoms with van der Waals surface area (Å²) in [6, 6.07) is 13.4. The molecule has 2 rings (SSSR count). The fourth-order valence-electron chi connectivity index (χ4n) is 4.51. The fourth-order valence-corrected chi connectivity index (χ4v) is 6.63. The first-order valence-electron chi connectivity index (χ1n) is 14.1. The van der Waals surface area contributed by atoms with Crippen LogP contribution in [0.2, 0.25) is 0 Å². The predicted octanol–water partition coefficient (Wildman–Crippen LogP) is 10.0. The maximum atomic E-state index is 6.47. The topological polar surface area (TPSA) is 24.8 Å². The molecule has 0 N–H and O–H groups in total. The van der Waals surface area contributed by atoms with Crippen molar-refractivity contribution in [1.29, 1.82) is 0 Å². The van der Waals surface area contributed by atoms with Crippen LogP contribution in [0.25, 0.3) is 0 Å². The molecule has 0 amide bonds. The molecule has 1 atom stereocenters. The monoisotopic (exact) mass is 564 g/mol. The summed E-state index contributed by atoms with van der Waals surface area (Å²) >= 11 is -0.875. The van der Waals surface area contributed by atoms with Gasteiger partial charge in [-0.05, 0) is 0 Å². The molecule has 0 saturated heterocycles. The molecule has 4 heteroatoms. The number of benzene rings is 2. The van der Waals surface area contributed by atoms with Crippen LogP contribution >= 0.6 is 0 Å². The molecule has 2 radical (unpaired) electrons. The Morgan fingerprint density at radius 1 is 0.784 bits per heavy atom. The van der Waals surface area contributed by atoms with Crippen LogP contribution in [0.15, 0.2) is 53.2 Å². The van der Waals surface area contributed by atoms with Crippen molar-refractivity contribution < 1.29 is 3.76 Å². The number of hydrogen-bond acceptors (Lipinski definition) is 3. The summed E-state index contributed by atoms with van der Waals surface area (Å²) in [5.74, 6) is 1.71. The number of anilines is 1. The van der Waals surface area contributed by atoms with E-state index in [1.54, 1.807) is 0 Å². The molecule has 0 unspecified atom stereocenters. The predicted molar refractivity (Wildman–Crippen MR) is 165 cm³/mol. The Bertz CT molecular complexity index is 1030. The molecule has 0 aliphatic carbocycles. The number of para-hydroxylation sites is 2. The summed E-state index contributed by atoms with van der Waals surface area (Å²) in [6.07, 6.45) is 3.53. The molecule has 0 fully saturated rings. The summed E-state index contributed by atoms with van der Waals surface area (Å²) in [5, 5.41) is 0. The Hall–Kier alpha value is -1.85. The summed E-state index contributed by atoms with van der Waals surface area (Å²) < 4.78 is 8.96. The van der Waals surface area contributed by atoms with Gasteiger partial charge in [0.25, 0.3) is 0 Å². The van der Waals surface area contributed by atoms with Gasteiger partial charge < -0.3 is 0 Å². The number of rotatable bonds is 12. The second kappa shape index (κ2) is 14.3. The van der Waals surface area contributed by atoms with Gasteiger partial charge in [-0.15, -0.1) is 0 Å². The van der Waals surface area contributed by atoms with Crippen LogP contribution in [0.5, 0.6) is 0 Å². The molecule has 37 heavy (non-hydrogen) atoms. The zero-order valence-corrected chi connectivity index (χ0v) is 27.5. The Morgan fingerprint density at radius 2 is 1.22 bits per heavy atom. The fraction of sp³-hybridized carbons (Fsp3) is 0.545. The Balaban J connectivity index is 2.68. The summed E-state index contributed by atoms with van der Waals surface area (Å²) in [7, 11) is 0. The number of hydrogen-bond donors (Lipinski definition) is 0. The minimum atomic E-state index is -0.875. The molecule has 2 aromatic carbocycles. The van der Waals surface area contributed by atoms with Gasteiger partial charge >= 0.3 is 235 Å². The van der Waals surface area contributed by atoms with Crippen molar-refractivity contribution in [3.05, 3.63) is 70.4 Å². The van der Waals surface area contributed by atoms with Gasteiger partial charge in [0.1, 0.15) is 0 Å². The summed E-state index contributed by atoms with van der Waals surface area (Å²) in [5.41, 5.74) is 10.1. The minimum absolute atomic E-state index is 0.255. The van der Waals surface area contributed by atoms with Crippen molar-refractivity contribution in [3.8, 4) is 0 Å². The average Bonchev–Trinajstić information content (AvgIpc) is 2.83. The van der Waals surface area contributed by atoms with Crippen molar-refractivity contribution in [2.24, 2.45) is 4.99 Å². The van der Waals surface area contributed by atoms with E-state index < -0.39 is 16.0 Å². The van der Waals surface area contributed by atoms with Gasteiger partial charge in [-0.25, -0.2) is 0 Å². The van der Waals surface area contributed by atoms with Crippen LogP contribution < -0.4 is 3.86 Å². The molecule has 0 heterocycles. The van der Waals surface area contributed by atoms with Gasteiger partial charge in [-0.1, -0.05) is 0 Å².